The standard InChI is InChI=1S/C51H65P5Si2/c1-43-29-26-27-41-49(43)53-51(55(47-37-22-13-23-38-47)48-39-24-14-25-40-48,54-50(45-33-18-11-19-34-45)46-35-20-12-21-36-46)58(5,6)56(57(2,3)4)52-42-28-9-7-8-15-30-44-31-16-10-17-32-44/h10-14,16-27,29,31-41,50,52-54H,7-9,15,28,30,42H2,1-6H3. The Morgan fingerprint density at radius 3 is 1.48 bits per heavy atom. The van der Waals surface area contributed by atoms with E-state index in [-0.39, 0.29) is 11.0 Å². The molecule has 0 aliphatic carbocycles. The first-order valence-electron chi connectivity index (χ1n) is 21.3. The fourth-order valence-corrected chi connectivity index (χ4v) is 75.1. The SMILES string of the molecule is Cc1ccccc1PC(PC(c1ccccc1)c1ccccc1)(P(c1ccccc1)c1ccccc1)[Si](C)(C)P(PCCCCCCCc1ccccc1)[Si](C)(C)C. The van der Waals surface area contributed by atoms with E-state index in [4.69, 9.17) is 0 Å². The van der Waals surface area contributed by atoms with E-state index >= 15 is 0 Å². The van der Waals surface area contributed by atoms with Crippen molar-refractivity contribution >= 4 is 71.5 Å². The van der Waals surface area contributed by atoms with E-state index < -0.39 is 23.4 Å². The first-order chi connectivity index (χ1) is 28.1. The Kier molecular flexibility index (Phi) is 17.3. The maximum Gasteiger partial charge on any atom is 0.0967 e. The summed E-state index contributed by atoms with van der Waals surface area (Å²) in [4.78, 5) is 0. The van der Waals surface area contributed by atoms with Crippen LogP contribution in [0.15, 0.2) is 176 Å². The minimum Gasteiger partial charge on any atom is -0.106 e. The molecule has 5 unspecified atom stereocenters. The van der Waals surface area contributed by atoms with Gasteiger partial charge in [0.1, 0.15) is 0 Å². The van der Waals surface area contributed by atoms with Crippen molar-refractivity contribution < 1.29 is 0 Å². The van der Waals surface area contributed by atoms with Crippen LogP contribution in [0.2, 0.25) is 32.7 Å². The molecule has 6 rings (SSSR count). The van der Waals surface area contributed by atoms with Gasteiger partial charge in [0.05, 0.1) is 15.5 Å². The second kappa shape index (κ2) is 22.1. The molecule has 0 N–H and O–H groups in total. The fourth-order valence-electron chi connectivity index (χ4n) is 8.47. The zero-order valence-corrected chi connectivity index (χ0v) is 42.5. The van der Waals surface area contributed by atoms with Crippen LogP contribution in [0, 0.1) is 6.92 Å². The first-order valence-corrected chi connectivity index (χ1v) is 36.3. The van der Waals surface area contributed by atoms with Gasteiger partial charge in [0, 0.05) is 9.92 Å². The molecule has 0 radical (unpaired) electrons. The number of unbranched alkanes of at least 4 members (excludes halogenated alkanes) is 4. The second-order valence-corrected chi connectivity index (χ2v) is 51.4. The summed E-state index contributed by atoms with van der Waals surface area (Å²) >= 11 is 0. The van der Waals surface area contributed by atoms with Gasteiger partial charge in [-0.05, 0) is 78.4 Å². The van der Waals surface area contributed by atoms with Crippen LogP contribution in [0.1, 0.15) is 60.0 Å². The molecule has 5 atom stereocenters. The zero-order chi connectivity index (χ0) is 40.9. The Bertz CT molecular complexity index is 2000. The fraction of sp³-hybridized carbons (Fsp3) is 0.294. The highest BCUT2D eigenvalue weighted by atomic mass is 32.3. The third-order valence-corrected chi connectivity index (χ3v) is 67.9. The summed E-state index contributed by atoms with van der Waals surface area (Å²) in [6.45, 7) is 16.4. The Labute approximate surface area is 361 Å². The molecule has 0 fully saturated rings. The molecule has 6 aromatic rings. The Hall–Kier alpha value is -2.10. The molecule has 7 heteroatoms. The number of aryl methyl sites for hydroxylation is 2. The number of hydrogen-bond acceptors (Lipinski definition) is 0. The van der Waals surface area contributed by atoms with Crippen molar-refractivity contribution in [1.82, 2.24) is 0 Å². The van der Waals surface area contributed by atoms with Gasteiger partial charge >= 0.3 is 0 Å². The van der Waals surface area contributed by atoms with Gasteiger partial charge in [-0.2, -0.15) is 0 Å². The Balaban J connectivity index is 1.47. The topological polar surface area (TPSA) is 0 Å². The van der Waals surface area contributed by atoms with Crippen LogP contribution in [-0.2, 0) is 6.42 Å². The van der Waals surface area contributed by atoms with E-state index in [1.165, 1.54) is 66.9 Å². The van der Waals surface area contributed by atoms with Crippen LogP contribution in [0.4, 0.5) is 0 Å². The lowest BCUT2D eigenvalue weighted by atomic mass is 10.0. The van der Waals surface area contributed by atoms with E-state index in [9.17, 15) is 0 Å². The predicted octanol–water partition coefficient (Wildman–Crippen LogP) is 15.4. The van der Waals surface area contributed by atoms with E-state index in [1.54, 1.807) is 15.9 Å². The number of benzene rings is 6. The lowest BCUT2D eigenvalue weighted by molar-refractivity contribution is 0.634. The maximum absolute atomic E-state index is 2.93. The highest BCUT2D eigenvalue weighted by Gasteiger charge is 2.59. The highest BCUT2D eigenvalue weighted by molar-refractivity contribution is 8.53. The van der Waals surface area contributed by atoms with Crippen molar-refractivity contribution in [1.29, 1.82) is 0 Å². The molecule has 6 aromatic carbocycles. The van der Waals surface area contributed by atoms with Crippen LogP contribution >= 0.6 is 40.1 Å². The summed E-state index contributed by atoms with van der Waals surface area (Å²) in [6, 6.07) is 67.5. The minimum absolute atomic E-state index is 0.129. The van der Waals surface area contributed by atoms with E-state index in [0.29, 0.717) is 5.66 Å². The lowest BCUT2D eigenvalue weighted by Gasteiger charge is -2.58. The van der Waals surface area contributed by atoms with Crippen LogP contribution in [0.3, 0.4) is 0 Å². The molecular weight excluding hydrogens is 824 g/mol. The van der Waals surface area contributed by atoms with Gasteiger partial charge in [0.25, 0.3) is 0 Å². The van der Waals surface area contributed by atoms with Gasteiger partial charge in [0.15, 0.2) is 0 Å². The molecule has 0 aliphatic heterocycles. The summed E-state index contributed by atoms with van der Waals surface area (Å²) in [7, 11) is -1.86. The van der Waals surface area contributed by atoms with Crippen LogP contribution < -0.4 is 15.9 Å². The van der Waals surface area contributed by atoms with Gasteiger partial charge in [-0.25, -0.2) is 0 Å². The van der Waals surface area contributed by atoms with Gasteiger partial charge in [-0.3, -0.25) is 0 Å². The summed E-state index contributed by atoms with van der Waals surface area (Å²) in [6.07, 6.45) is 9.41. The van der Waals surface area contributed by atoms with Crippen molar-refractivity contribution in [3.63, 3.8) is 0 Å². The van der Waals surface area contributed by atoms with E-state index in [0.717, 1.165) is 25.4 Å². The largest absolute Gasteiger partial charge is 0.106 e. The molecule has 0 amide bonds. The lowest BCUT2D eigenvalue weighted by Crippen LogP contribution is -2.52. The first kappa shape index (κ1) is 45.4. The highest BCUT2D eigenvalue weighted by Crippen LogP contribution is 2.83. The van der Waals surface area contributed by atoms with Crippen molar-refractivity contribution in [2.45, 2.75) is 88.1 Å². The number of hydrogen-bond donors (Lipinski definition) is 0. The minimum atomic E-state index is -2.14. The predicted molar refractivity (Wildman–Crippen MR) is 278 cm³/mol. The monoisotopic (exact) mass is 888 g/mol. The van der Waals surface area contributed by atoms with Crippen LogP contribution in [-0.4, -0.2) is 25.9 Å². The van der Waals surface area contributed by atoms with Gasteiger partial charge in [0.2, 0.25) is 0 Å². The molecule has 0 aliphatic rings. The van der Waals surface area contributed by atoms with E-state index in [2.05, 4.69) is 216 Å². The Morgan fingerprint density at radius 1 is 0.517 bits per heavy atom. The molecule has 0 saturated carbocycles. The smallest absolute Gasteiger partial charge is 0.0967 e. The van der Waals surface area contributed by atoms with Gasteiger partial charge in [-0.15, -0.1) is 15.0 Å². The van der Waals surface area contributed by atoms with Crippen LogP contribution in [0.5, 0.6) is 0 Å². The summed E-state index contributed by atoms with van der Waals surface area (Å²) < 4.78 is 0.129. The summed E-state index contributed by atoms with van der Waals surface area (Å²) in [5.74, 6) is 0. The summed E-state index contributed by atoms with van der Waals surface area (Å²) in [5, 5.41) is 4.70. The molecule has 0 spiro atoms. The van der Waals surface area contributed by atoms with Gasteiger partial charge in [-0.1, -0.05) is 245 Å². The molecule has 0 nitrogen and oxygen atoms in total. The molecule has 302 valence electrons. The molecule has 58 heavy (non-hydrogen) atoms. The second-order valence-electron chi connectivity index (χ2n) is 17.0. The molecule has 0 bridgehead atoms. The van der Waals surface area contributed by atoms with Crippen LogP contribution in [0.25, 0.3) is 0 Å². The van der Waals surface area contributed by atoms with E-state index in [1.807, 2.05) is 0 Å². The third kappa shape index (κ3) is 11.8. The Morgan fingerprint density at radius 2 is 0.966 bits per heavy atom. The molecule has 0 aromatic heterocycles. The quantitative estimate of drug-likeness (QED) is 0.0384. The maximum atomic E-state index is 2.93. The number of rotatable bonds is 21. The van der Waals surface area contributed by atoms with Crippen molar-refractivity contribution in [3.05, 3.63) is 198 Å². The average Bonchev–Trinajstić information content (AvgIpc) is 3.24. The normalized spacial score (nSPS) is 14.3. The molecule has 0 saturated heterocycles. The van der Waals surface area contributed by atoms with Crippen molar-refractivity contribution in [3.8, 4) is 0 Å². The average molecular weight is 889 g/mol. The van der Waals surface area contributed by atoms with Crippen molar-refractivity contribution in [2.75, 3.05) is 6.16 Å². The third-order valence-electron chi connectivity index (χ3n) is 11.3. The van der Waals surface area contributed by atoms with Gasteiger partial charge < -0.3 is 0 Å². The zero-order valence-electron chi connectivity index (χ0n) is 35.7. The van der Waals surface area contributed by atoms with Crippen molar-refractivity contribution in [2.24, 2.45) is 0 Å². The molecular formula is C51H65P5Si2. The summed E-state index contributed by atoms with van der Waals surface area (Å²) in [5.41, 5.74) is 6.22. The molecule has 0 heterocycles.